The number of nitrogens with zero attached hydrogens (tertiary/aromatic N) is 4. The summed E-state index contributed by atoms with van der Waals surface area (Å²) in [6, 6.07) is 11.4. The van der Waals surface area contributed by atoms with E-state index in [4.69, 9.17) is 0 Å². The molecule has 0 N–H and O–H groups in total. The summed E-state index contributed by atoms with van der Waals surface area (Å²) in [5, 5.41) is 9.54. The Morgan fingerprint density at radius 1 is 1.28 bits per heavy atom. The maximum absolute atomic E-state index is 13.1. The highest BCUT2D eigenvalue weighted by atomic mass is 16.2. The van der Waals surface area contributed by atoms with E-state index < -0.39 is 0 Å². The van der Waals surface area contributed by atoms with Gasteiger partial charge in [0.05, 0.1) is 23.1 Å². The molecule has 0 saturated carbocycles. The quantitative estimate of drug-likeness (QED) is 0.857. The Morgan fingerprint density at radius 2 is 2.04 bits per heavy atom. The minimum Gasteiger partial charge on any atom is -0.370 e. The number of pyridine rings is 1. The molecule has 0 bridgehead atoms. The first-order chi connectivity index (χ1) is 12.1. The molecule has 1 aliphatic rings. The van der Waals surface area contributed by atoms with Crippen molar-refractivity contribution in [3.8, 4) is 6.07 Å². The lowest BCUT2D eigenvalue weighted by atomic mass is 10.1. The van der Waals surface area contributed by atoms with Crippen LogP contribution in [-0.4, -0.2) is 30.0 Å². The maximum Gasteiger partial charge on any atom is 0.258 e. The number of hydrogen-bond acceptors (Lipinski definition) is 4. The van der Waals surface area contributed by atoms with Gasteiger partial charge in [0.15, 0.2) is 0 Å². The maximum atomic E-state index is 13.1. The molecular formula is C20H22N4O. The van der Waals surface area contributed by atoms with Crippen LogP contribution in [0.15, 0.2) is 42.7 Å². The lowest BCUT2D eigenvalue weighted by molar-refractivity contribution is 0.0980. The fourth-order valence-electron chi connectivity index (χ4n) is 3.28. The standard InChI is InChI=1S/C20H22N4O/c1-15(2)24(18-6-5-9-22-14-18)20(25)16-7-8-19(17(12-16)13-21)23-10-3-4-11-23/h5-9,12,14-15H,3-4,10-11H2,1-2H3. The number of carbonyl (C=O) groups is 1. The van der Waals surface area contributed by atoms with E-state index in [1.165, 1.54) is 0 Å². The van der Waals surface area contributed by atoms with Gasteiger partial charge in [-0.3, -0.25) is 9.78 Å². The molecule has 1 aliphatic heterocycles. The Hall–Kier alpha value is -2.87. The van der Waals surface area contributed by atoms with E-state index >= 15 is 0 Å². The second-order valence-corrected chi connectivity index (χ2v) is 6.52. The average Bonchev–Trinajstić information content (AvgIpc) is 3.16. The third-order valence-electron chi connectivity index (χ3n) is 4.47. The van der Waals surface area contributed by atoms with E-state index in [2.05, 4.69) is 16.0 Å². The predicted octanol–water partition coefficient (Wildman–Crippen LogP) is 3.61. The van der Waals surface area contributed by atoms with Gasteiger partial charge in [-0.15, -0.1) is 0 Å². The fourth-order valence-corrected chi connectivity index (χ4v) is 3.28. The fraction of sp³-hybridized carbons (Fsp3) is 0.350. The van der Waals surface area contributed by atoms with Gasteiger partial charge in [-0.25, -0.2) is 0 Å². The third kappa shape index (κ3) is 3.48. The van der Waals surface area contributed by atoms with Crippen molar-refractivity contribution in [1.82, 2.24) is 4.98 Å². The van der Waals surface area contributed by atoms with Gasteiger partial charge in [-0.1, -0.05) is 0 Å². The monoisotopic (exact) mass is 334 g/mol. The first-order valence-electron chi connectivity index (χ1n) is 8.64. The molecule has 2 aromatic rings. The molecule has 1 aromatic heterocycles. The van der Waals surface area contributed by atoms with Crippen molar-refractivity contribution in [3.05, 3.63) is 53.9 Å². The number of amides is 1. The molecule has 0 atom stereocenters. The Kier molecular flexibility index (Phi) is 4.99. The summed E-state index contributed by atoms with van der Waals surface area (Å²) in [6.45, 7) is 5.87. The van der Waals surface area contributed by atoms with Crippen molar-refractivity contribution < 1.29 is 4.79 Å². The molecular weight excluding hydrogens is 312 g/mol. The van der Waals surface area contributed by atoms with Crippen molar-refractivity contribution in [3.63, 3.8) is 0 Å². The van der Waals surface area contributed by atoms with Gasteiger partial charge in [0.25, 0.3) is 5.91 Å². The zero-order valence-electron chi connectivity index (χ0n) is 14.6. The Bertz CT molecular complexity index is 789. The van der Waals surface area contributed by atoms with Crippen LogP contribution in [0.5, 0.6) is 0 Å². The summed E-state index contributed by atoms with van der Waals surface area (Å²) in [5.41, 5.74) is 2.76. The Morgan fingerprint density at radius 3 is 2.64 bits per heavy atom. The number of nitriles is 1. The molecule has 3 rings (SSSR count). The Balaban J connectivity index is 1.94. The van der Waals surface area contributed by atoms with Crippen LogP contribution in [0.4, 0.5) is 11.4 Å². The number of rotatable bonds is 4. The van der Waals surface area contributed by atoms with Crippen LogP contribution < -0.4 is 9.80 Å². The largest absolute Gasteiger partial charge is 0.370 e. The Labute approximate surface area is 148 Å². The van der Waals surface area contributed by atoms with E-state index in [-0.39, 0.29) is 11.9 Å². The summed E-state index contributed by atoms with van der Waals surface area (Å²) in [7, 11) is 0. The second kappa shape index (κ2) is 7.35. The number of anilines is 2. The van der Waals surface area contributed by atoms with E-state index in [1.807, 2.05) is 38.1 Å². The molecule has 1 fully saturated rings. The molecule has 1 amide bonds. The van der Waals surface area contributed by atoms with Crippen LogP contribution in [0.2, 0.25) is 0 Å². The van der Waals surface area contributed by atoms with Crippen molar-refractivity contribution >= 4 is 17.3 Å². The van der Waals surface area contributed by atoms with Gasteiger partial charge in [-0.05, 0) is 57.0 Å². The zero-order valence-corrected chi connectivity index (χ0v) is 14.6. The van der Waals surface area contributed by atoms with Gasteiger partial charge in [0.2, 0.25) is 0 Å². The highest BCUT2D eigenvalue weighted by Gasteiger charge is 2.23. The number of aromatic nitrogens is 1. The summed E-state index contributed by atoms with van der Waals surface area (Å²) >= 11 is 0. The van der Waals surface area contributed by atoms with Crippen molar-refractivity contribution in [1.29, 1.82) is 5.26 Å². The highest BCUT2D eigenvalue weighted by molar-refractivity contribution is 6.06. The SMILES string of the molecule is CC(C)N(C(=O)c1ccc(N2CCCC2)c(C#N)c1)c1cccnc1. The number of hydrogen-bond donors (Lipinski definition) is 0. The molecule has 128 valence electrons. The third-order valence-corrected chi connectivity index (χ3v) is 4.47. The molecule has 1 aromatic carbocycles. The van der Waals surface area contributed by atoms with Crippen molar-refractivity contribution in [2.75, 3.05) is 22.9 Å². The normalized spacial score (nSPS) is 13.8. The lowest BCUT2D eigenvalue weighted by Crippen LogP contribution is -2.37. The van der Waals surface area contributed by atoms with E-state index in [0.29, 0.717) is 11.1 Å². The zero-order chi connectivity index (χ0) is 17.8. The average molecular weight is 334 g/mol. The van der Waals surface area contributed by atoms with E-state index in [0.717, 1.165) is 37.3 Å². The first kappa shape index (κ1) is 17.0. The molecule has 2 heterocycles. The highest BCUT2D eigenvalue weighted by Crippen LogP contribution is 2.27. The summed E-state index contributed by atoms with van der Waals surface area (Å²) in [6.07, 6.45) is 5.66. The van der Waals surface area contributed by atoms with Crippen LogP contribution in [0.25, 0.3) is 0 Å². The summed E-state index contributed by atoms with van der Waals surface area (Å²) in [4.78, 5) is 21.1. The van der Waals surface area contributed by atoms with E-state index in [9.17, 15) is 10.1 Å². The summed E-state index contributed by atoms with van der Waals surface area (Å²) in [5.74, 6) is -0.118. The number of benzene rings is 1. The van der Waals surface area contributed by atoms with Gasteiger partial charge in [-0.2, -0.15) is 5.26 Å². The van der Waals surface area contributed by atoms with Gasteiger partial charge in [0.1, 0.15) is 6.07 Å². The van der Waals surface area contributed by atoms with Gasteiger partial charge in [0, 0.05) is 30.9 Å². The molecule has 5 nitrogen and oxygen atoms in total. The topological polar surface area (TPSA) is 60.2 Å². The van der Waals surface area contributed by atoms with Gasteiger partial charge < -0.3 is 9.80 Å². The lowest BCUT2D eigenvalue weighted by Gasteiger charge is -2.27. The van der Waals surface area contributed by atoms with Crippen LogP contribution in [0.3, 0.4) is 0 Å². The van der Waals surface area contributed by atoms with Gasteiger partial charge >= 0.3 is 0 Å². The molecule has 25 heavy (non-hydrogen) atoms. The van der Waals surface area contributed by atoms with Crippen LogP contribution in [0, 0.1) is 11.3 Å². The van der Waals surface area contributed by atoms with Crippen molar-refractivity contribution in [2.45, 2.75) is 32.7 Å². The first-order valence-corrected chi connectivity index (χ1v) is 8.64. The second-order valence-electron chi connectivity index (χ2n) is 6.52. The van der Waals surface area contributed by atoms with Crippen LogP contribution >= 0.6 is 0 Å². The molecule has 0 spiro atoms. The number of carbonyl (C=O) groups excluding carboxylic acids is 1. The minimum absolute atomic E-state index is 0.0134. The van der Waals surface area contributed by atoms with Crippen LogP contribution in [-0.2, 0) is 0 Å². The molecule has 0 radical (unpaired) electrons. The predicted molar refractivity (Wildman–Crippen MR) is 98.8 cm³/mol. The van der Waals surface area contributed by atoms with E-state index in [1.54, 1.807) is 23.4 Å². The summed E-state index contributed by atoms with van der Waals surface area (Å²) < 4.78 is 0. The molecule has 5 heteroatoms. The molecule has 1 saturated heterocycles. The minimum atomic E-state index is -0.118. The van der Waals surface area contributed by atoms with Crippen molar-refractivity contribution in [2.24, 2.45) is 0 Å². The smallest absolute Gasteiger partial charge is 0.258 e. The van der Waals surface area contributed by atoms with Crippen LogP contribution in [0.1, 0.15) is 42.6 Å². The molecule has 0 unspecified atom stereocenters. The molecule has 0 aliphatic carbocycles.